The summed E-state index contributed by atoms with van der Waals surface area (Å²) in [6, 6.07) is 17.1. The number of rotatable bonds is 7. The monoisotopic (exact) mass is 325 g/mol. The molecule has 0 aliphatic carbocycles. The Hall–Kier alpha value is -2.59. The van der Waals surface area contributed by atoms with Gasteiger partial charge in [-0.1, -0.05) is 48.5 Å². The van der Waals surface area contributed by atoms with E-state index in [2.05, 4.69) is 5.32 Å². The van der Waals surface area contributed by atoms with E-state index in [1.54, 1.807) is 14.2 Å². The highest BCUT2D eigenvalue weighted by Gasteiger charge is 2.15. The summed E-state index contributed by atoms with van der Waals surface area (Å²) in [6.07, 6.45) is 1.85. The zero-order valence-electron chi connectivity index (χ0n) is 14.3. The first-order chi connectivity index (χ1) is 11.7. The van der Waals surface area contributed by atoms with E-state index in [1.165, 1.54) is 0 Å². The summed E-state index contributed by atoms with van der Waals surface area (Å²) in [4.78, 5) is 12.8. The highest BCUT2D eigenvalue weighted by molar-refractivity contribution is 6.24. The minimum Gasteiger partial charge on any atom is -0.496 e. The summed E-state index contributed by atoms with van der Waals surface area (Å²) in [5, 5.41) is 2.96. The van der Waals surface area contributed by atoms with Crippen molar-refractivity contribution < 1.29 is 14.3 Å². The number of carbonyl (C=O) groups is 1. The van der Waals surface area contributed by atoms with E-state index in [4.69, 9.17) is 9.47 Å². The smallest absolute Gasteiger partial charge is 0.252 e. The second-order valence-corrected chi connectivity index (χ2v) is 5.50. The number of hydrogen-bond acceptors (Lipinski definition) is 3. The van der Waals surface area contributed by atoms with Crippen molar-refractivity contribution in [3.8, 4) is 5.75 Å². The van der Waals surface area contributed by atoms with E-state index < -0.39 is 0 Å². The Kier molecular flexibility index (Phi) is 6.58. The van der Waals surface area contributed by atoms with E-state index in [-0.39, 0.29) is 11.9 Å². The van der Waals surface area contributed by atoms with Crippen LogP contribution in [0.4, 0.5) is 0 Å². The predicted octanol–water partition coefficient (Wildman–Crippen LogP) is 3.39. The molecule has 0 bridgehead atoms. The standard InChI is InChI=1S/C20H23NO3/c1-15(14-23-2)21-20(22)18(16-9-5-4-6-10-16)13-17-11-7-8-12-19(17)24-3/h4-13,15H,14H2,1-3H3,(H,21,22)/b18-13+. The molecule has 4 nitrogen and oxygen atoms in total. The Morgan fingerprint density at radius 2 is 1.75 bits per heavy atom. The summed E-state index contributed by atoms with van der Waals surface area (Å²) >= 11 is 0. The van der Waals surface area contributed by atoms with E-state index in [1.807, 2.05) is 67.6 Å². The van der Waals surface area contributed by atoms with Crippen molar-refractivity contribution in [3.63, 3.8) is 0 Å². The van der Waals surface area contributed by atoms with Gasteiger partial charge in [0.05, 0.1) is 13.7 Å². The second kappa shape index (κ2) is 8.89. The lowest BCUT2D eigenvalue weighted by Gasteiger charge is -2.15. The fraction of sp³-hybridized carbons (Fsp3) is 0.250. The Morgan fingerprint density at radius 1 is 1.08 bits per heavy atom. The molecule has 1 unspecified atom stereocenters. The van der Waals surface area contributed by atoms with Crippen LogP contribution < -0.4 is 10.1 Å². The average Bonchev–Trinajstić information content (AvgIpc) is 2.60. The molecular formula is C20H23NO3. The van der Waals surface area contributed by atoms with E-state index >= 15 is 0 Å². The molecule has 126 valence electrons. The van der Waals surface area contributed by atoms with Gasteiger partial charge in [-0.2, -0.15) is 0 Å². The molecule has 2 aromatic rings. The van der Waals surface area contributed by atoms with Crippen molar-refractivity contribution in [3.05, 3.63) is 65.7 Å². The van der Waals surface area contributed by atoms with Crippen LogP contribution in [-0.2, 0) is 9.53 Å². The predicted molar refractivity (Wildman–Crippen MR) is 96.8 cm³/mol. The SMILES string of the molecule is COCC(C)NC(=O)/C(=C/c1ccccc1OC)c1ccccc1. The third-order valence-corrected chi connectivity index (χ3v) is 3.56. The van der Waals surface area contributed by atoms with Gasteiger partial charge >= 0.3 is 0 Å². The first kappa shape index (κ1) is 17.8. The Bertz CT molecular complexity index is 695. The highest BCUT2D eigenvalue weighted by Crippen LogP contribution is 2.24. The molecule has 0 saturated carbocycles. The van der Waals surface area contributed by atoms with Gasteiger partial charge in [0.25, 0.3) is 5.91 Å². The third kappa shape index (κ3) is 4.70. The van der Waals surface area contributed by atoms with Crippen LogP contribution in [0, 0.1) is 0 Å². The van der Waals surface area contributed by atoms with Crippen molar-refractivity contribution in [2.24, 2.45) is 0 Å². The van der Waals surface area contributed by atoms with Crippen molar-refractivity contribution in [2.45, 2.75) is 13.0 Å². The molecule has 24 heavy (non-hydrogen) atoms. The maximum atomic E-state index is 12.8. The zero-order chi connectivity index (χ0) is 17.4. The fourth-order valence-electron chi connectivity index (χ4n) is 2.43. The Balaban J connectivity index is 2.40. The van der Waals surface area contributed by atoms with Crippen LogP contribution in [0.2, 0.25) is 0 Å². The maximum Gasteiger partial charge on any atom is 0.252 e. The third-order valence-electron chi connectivity index (χ3n) is 3.56. The fourth-order valence-corrected chi connectivity index (χ4v) is 2.43. The number of amides is 1. The topological polar surface area (TPSA) is 47.6 Å². The normalized spacial score (nSPS) is 12.5. The van der Waals surface area contributed by atoms with Gasteiger partial charge in [-0.15, -0.1) is 0 Å². The number of nitrogens with one attached hydrogen (secondary N) is 1. The van der Waals surface area contributed by atoms with Crippen molar-refractivity contribution in [2.75, 3.05) is 20.8 Å². The minimum absolute atomic E-state index is 0.0766. The van der Waals surface area contributed by atoms with Crippen LogP contribution in [0.5, 0.6) is 5.75 Å². The second-order valence-electron chi connectivity index (χ2n) is 5.50. The largest absolute Gasteiger partial charge is 0.496 e. The molecule has 0 heterocycles. The van der Waals surface area contributed by atoms with E-state index in [9.17, 15) is 4.79 Å². The highest BCUT2D eigenvalue weighted by atomic mass is 16.5. The lowest BCUT2D eigenvalue weighted by atomic mass is 10.0. The van der Waals surface area contributed by atoms with Crippen molar-refractivity contribution >= 4 is 17.6 Å². The molecule has 2 aromatic carbocycles. The average molecular weight is 325 g/mol. The van der Waals surface area contributed by atoms with Crippen LogP contribution in [0.25, 0.3) is 11.6 Å². The van der Waals surface area contributed by atoms with Crippen LogP contribution in [0.1, 0.15) is 18.1 Å². The molecule has 0 aromatic heterocycles. The number of hydrogen-bond donors (Lipinski definition) is 1. The number of carbonyl (C=O) groups excluding carboxylic acids is 1. The molecule has 0 fully saturated rings. The Morgan fingerprint density at radius 3 is 2.42 bits per heavy atom. The molecular weight excluding hydrogens is 302 g/mol. The molecule has 0 aliphatic rings. The molecule has 0 saturated heterocycles. The van der Waals surface area contributed by atoms with E-state index in [0.717, 1.165) is 16.9 Å². The van der Waals surface area contributed by atoms with Gasteiger partial charge in [-0.05, 0) is 24.6 Å². The number of ether oxygens (including phenoxy) is 2. The molecule has 0 radical (unpaired) electrons. The first-order valence-corrected chi connectivity index (χ1v) is 7.85. The number of benzene rings is 2. The molecule has 2 rings (SSSR count). The number of para-hydroxylation sites is 1. The van der Waals surface area contributed by atoms with Gasteiger partial charge in [-0.25, -0.2) is 0 Å². The lowest BCUT2D eigenvalue weighted by molar-refractivity contribution is -0.116. The Labute approximate surface area is 143 Å². The zero-order valence-corrected chi connectivity index (χ0v) is 14.3. The van der Waals surface area contributed by atoms with Gasteiger partial charge in [0, 0.05) is 24.3 Å². The summed E-state index contributed by atoms with van der Waals surface area (Å²) < 4.78 is 10.5. The summed E-state index contributed by atoms with van der Waals surface area (Å²) in [5.41, 5.74) is 2.29. The molecule has 0 aliphatic heterocycles. The van der Waals surface area contributed by atoms with Gasteiger partial charge in [-0.3, -0.25) is 4.79 Å². The van der Waals surface area contributed by atoms with Crippen molar-refractivity contribution in [1.29, 1.82) is 0 Å². The minimum atomic E-state index is -0.142. The summed E-state index contributed by atoms with van der Waals surface area (Å²) in [5.74, 6) is 0.584. The molecule has 0 spiro atoms. The van der Waals surface area contributed by atoms with Gasteiger partial charge < -0.3 is 14.8 Å². The molecule has 1 N–H and O–H groups in total. The quantitative estimate of drug-likeness (QED) is 0.627. The molecule has 4 heteroatoms. The lowest BCUT2D eigenvalue weighted by Crippen LogP contribution is -2.36. The maximum absolute atomic E-state index is 12.8. The first-order valence-electron chi connectivity index (χ1n) is 7.85. The van der Waals surface area contributed by atoms with Crippen molar-refractivity contribution in [1.82, 2.24) is 5.32 Å². The van der Waals surface area contributed by atoms with Gasteiger partial charge in [0.1, 0.15) is 5.75 Å². The molecule has 1 amide bonds. The summed E-state index contributed by atoms with van der Waals surface area (Å²) in [6.45, 7) is 2.37. The van der Waals surface area contributed by atoms with Gasteiger partial charge in [0.2, 0.25) is 0 Å². The van der Waals surface area contributed by atoms with Crippen LogP contribution >= 0.6 is 0 Å². The molecule has 1 atom stereocenters. The summed E-state index contributed by atoms with van der Waals surface area (Å²) in [7, 11) is 3.24. The van der Waals surface area contributed by atoms with Crippen LogP contribution in [0.15, 0.2) is 54.6 Å². The van der Waals surface area contributed by atoms with E-state index in [0.29, 0.717) is 12.2 Å². The van der Waals surface area contributed by atoms with Crippen LogP contribution in [-0.4, -0.2) is 32.8 Å². The van der Waals surface area contributed by atoms with Crippen LogP contribution in [0.3, 0.4) is 0 Å². The van der Waals surface area contributed by atoms with Gasteiger partial charge in [0.15, 0.2) is 0 Å². The number of methoxy groups -OCH3 is 2.